The molecule has 0 amide bonds. The van der Waals surface area contributed by atoms with E-state index in [2.05, 4.69) is 10.3 Å². The lowest BCUT2D eigenvalue weighted by atomic mass is 10.0. The SMILES string of the molecule is O=[N+]([O-])c1c[nH]c([C@@H]2CCCCN2)c1. The number of rotatable bonds is 2. The molecule has 1 fully saturated rings. The highest BCUT2D eigenvalue weighted by molar-refractivity contribution is 5.31. The second-order valence-electron chi connectivity index (χ2n) is 3.57. The number of nitrogens with zero attached hydrogens (tertiary/aromatic N) is 1. The van der Waals surface area contributed by atoms with E-state index in [1.54, 1.807) is 6.07 Å². The van der Waals surface area contributed by atoms with E-state index in [4.69, 9.17) is 0 Å². The molecule has 0 unspecified atom stereocenters. The van der Waals surface area contributed by atoms with Crippen molar-refractivity contribution in [2.24, 2.45) is 0 Å². The average molecular weight is 195 g/mol. The monoisotopic (exact) mass is 195 g/mol. The van der Waals surface area contributed by atoms with Gasteiger partial charge in [0.15, 0.2) is 0 Å². The Kier molecular flexibility index (Phi) is 2.49. The molecule has 0 bridgehead atoms. The summed E-state index contributed by atoms with van der Waals surface area (Å²) < 4.78 is 0. The molecule has 1 saturated heterocycles. The second-order valence-corrected chi connectivity index (χ2v) is 3.57. The Labute approximate surface area is 81.7 Å². The van der Waals surface area contributed by atoms with Gasteiger partial charge in [-0.3, -0.25) is 10.1 Å². The molecule has 5 heteroatoms. The first-order chi connectivity index (χ1) is 6.77. The summed E-state index contributed by atoms with van der Waals surface area (Å²) in [7, 11) is 0. The van der Waals surface area contributed by atoms with Gasteiger partial charge in [-0.1, -0.05) is 6.42 Å². The Morgan fingerprint density at radius 2 is 2.36 bits per heavy atom. The number of hydrogen-bond donors (Lipinski definition) is 2. The molecule has 1 aliphatic rings. The van der Waals surface area contributed by atoms with Gasteiger partial charge in [0.2, 0.25) is 0 Å². The molecule has 0 aromatic carbocycles. The van der Waals surface area contributed by atoms with Gasteiger partial charge >= 0.3 is 0 Å². The molecule has 1 atom stereocenters. The number of hydrogen-bond acceptors (Lipinski definition) is 3. The van der Waals surface area contributed by atoms with Crippen molar-refractivity contribution < 1.29 is 4.92 Å². The molecular weight excluding hydrogens is 182 g/mol. The molecule has 5 nitrogen and oxygen atoms in total. The molecule has 2 N–H and O–H groups in total. The zero-order valence-corrected chi connectivity index (χ0v) is 7.82. The minimum absolute atomic E-state index is 0.146. The summed E-state index contributed by atoms with van der Waals surface area (Å²) in [6.07, 6.45) is 4.88. The molecule has 0 saturated carbocycles. The van der Waals surface area contributed by atoms with Crippen molar-refractivity contribution >= 4 is 5.69 Å². The normalized spacial score (nSPS) is 22.1. The second kappa shape index (κ2) is 3.79. The van der Waals surface area contributed by atoms with Gasteiger partial charge in [-0.05, 0) is 19.4 Å². The molecule has 0 spiro atoms. The molecule has 2 heterocycles. The fourth-order valence-corrected chi connectivity index (χ4v) is 1.82. The highest BCUT2D eigenvalue weighted by Gasteiger charge is 2.18. The van der Waals surface area contributed by atoms with Crippen molar-refractivity contribution in [3.05, 3.63) is 28.1 Å². The third kappa shape index (κ3) is 1.77. The molecular formula is C9H13N3O2. The number of piperidine rings is 1. The van der Waals surface area contributed by atoms with Crippen LogP contribution < -0.4 is 5.32 Å². The van der Waals surface area contributed by atoms with Crippen LogP contribution in [0.15, 0.2) is 12.3 Å². The third-order valence-electron chi connectivity index (χ3n) is 2.59. The fourth-order valence-electron chi connectivity index (χ4n) is 1.82. The van der Waals surface area contributed by atoms with E-state index >= 15 is 0 Å². The Hall–Kier alpha value is -1.36. The van der Waals surface area contributed by atoms with Gasteiger partial charge < -0.3 is 10.3 Å². The zero-order valence-electron chi connectivity index (χ0n) is 7.82. The molecule has 76 valence electrons. The van der Waals surface area contributed by atoms with Crippen LogP contribution in [0.25, 0.3) is 0 Å². The lowest BCUT2D eigenvalue weighted by Gasteiger charge is -2.21. The standard InChI is InChI=1S/C9H13N3O2/c13-12(14)7-5-9(11-6-7)8-3-1-2-4-10-8/h5-6,8,10-11H,1-4H2/t8-/m0/s1. The van der Waals surface area contributed by atoms with Crippen LogP contribution in [-0.2, 0) is 0 Å². The number of H-pyrrole nitrogens is 1. The van der Waals surface area contributed by atoms with Crippen molar-refractivity contribution in [2.45, 2.75) is 25.3 Å². The van der Waals surface area contributed by atoms with E-state index in [0.717, 1.165) is 18.7 Å². The van der Waals surface area contributed by atoms with E-state index in [-0.39, 0.29) is 16.7 Å². The molecule has 1 aromatic heterocycles. The summed E-state index contributed by atoms with van der Waals surface area (Å²) >= 11 is 0. The van der Waals surface area contributed by atoms with Gasteiger partial charge in [-0.15, -0.1) is 0 Å². The lowest BCUT2D eigenvalue weighted by molar-refractivity contribution is -0.384. The smallest absolute Gasteiger partial charge is 0.287 e. The largest absolute Gasteiger partial charge is 0.358 e. The average Bonchev–Trinajstić information content (AvgIpc) is 2.68. The quantitative estimate of drug-likeness (QED) is 0.557. The Balaban J connectivity index is 2.11. The number of nitro groups is 1. The van der Waals surface area contributed by atoms with Gasteiger partial charge in [-0.25, -0.2) is 0 Å². The van der Waals surface area contributed by atoms with E-state index in [1.807, 2.05) is 0 Å². The molecule has 0 radical (unpaired) electrons. The maximum atomic E-state index is 10.5. The summed E-state index contributed by atoms with van der Waals surface area (Å²) in [5, 5.41) is 13.8. The Morgan fingerprint density at radius 3 is 2.93 bits per heavy atom. The highest BCUT2D eigenvalue weighted by Crippen LogP contribution is 2.24. The topological polar surface area (TPSA) is 71.0 Å². The first kappa shape index (κ1) is 9.21. The van der Waals surface area contributed by atoms with Crippen LogP contribution in [0, 0.1) is 10.1 Å². The zero-order chi connectivity index (χ0) is 9.97. The summed E-state index contributed by atoms with van der Waals surface area (Å²) in [4.78, 5) is 13.0. The van der Waals surface area contributed by atoms with Crippen LogP contribution in [0.4, 0.5) is 5.69 Å². The van der Waals surface area contributed by atoms with Crippen LogP contribution in [0.3, 0.4) is 0 Å². The molecule has 14 heavy (non-hydrogen) atoms. The lowest BCUT2D eigenvalue weighted by Crippen LogP contribution is -2.26. The summed E-state index contributed by atoms with van der Waals surface area (Å²) in [6, 6.07) is 1.88. The minimum Gasteiger partial charge on any atom is -0.358 e. The number of aromatic amines is 1. The number of nitrogens with one attached hydrogen (secondary N) is 2. The molecule has 1 aromatic rings. The fraction of sp³-hybridized carbons (Fsp3) is 0.556. The van der Waals surface area contributed by atoms with Gasteiger partial charge in [-0.2, -0.15) is 0 Å². The van der Waals surface area contributed by atoms with E-state index in [9.17, 15) is 10.1 Å². The summed E-state index contributed by atoms with van der Waals surface area (Å²) in [6.45, 7) is 0.998. The minimum atomic E-state index is -0.372. The van der Waals surface area contributed by atoms with Crippen molar-refractivity contribution in [1.82, 2.24) is 10.3 Å². The molecule has 0 aliphatic carbocycles. The molecule has 1 aliphatic heterocycles. The predicted octanol–water partition coefficient (Wildman–Crippen LogP) is 1.74. The maximum Gasteiger partial charge on any atom is 0.287 e. The highest BCUT2D eigenvalue weighted by atomic mass is 16.6. The number of aromatic nitrogens is 1. The van der Waals surface area contributed by atoms with Gasteiger partial charge in [0.05, 0.1) is 11.1 Å². The third-order valence-corrected chi connectivity index (χ3v) is 2.59. The Morgan fingerprint density at radius 1 is 1.50 bits per heavy atom. The molecule has 2 rings (SSSR count). The summed E-state index contributed by atoms with van der Waals surface area (Å²) in [5.74, 6) is 0. The van der Waals surface area contributed by atoms with Crippen LogP contribution in [-0.4, -0.2) is 16.5 Å². The van der Waals surface area contributed by atoms with Crippen LogP contribution in [0.5, 0.6) is 0 Å². The van der Waals surface area contributed by atoms with Crippen LogP contribution in [0.2, 0.25) is 0 Å². The van der Waals surface area contributed by atoms with Gasteiger partial charge in [0, 0.05) is 17.8 Å². The first-order valence-corrected chi connectivity index (χ1v) is 4.83. The van der Waals surface area contributed by atoms with E-state index in [0.29, 0.717) is 0 Å². The van der Waals surface area contributed by atoms with Gasteiger partial charge in [0.1, 0.15) is 0 Å². The summed E-state index contributed by atoms with van der Waals surface area (Å²) in [5.41, 5.74) is 1.07. The first-order valence-electron chi connectivity index (χ1n) is 4.83. The van der Waals surface area contributed by atoms with Crippen molar-refractivity contribution in [3.8, 4) is 0 Å². The van der Waals surface area contributed by atoms with Crippen molar-refractivity contribution in [2.75, 3.05) is 6.54 Å². The van der Waals surface area contributed by atoms with Crippen LogP contribution in [0.1, 0.15) is 31.0 Å². The van der Waals surface area contributed by atoms with E-state index in [1.165, 1.54) is 19.0 Å². The van der Waals surface area contributed by atoms with E-state index < -0.39 is 0 Å². The Bertz CT molecular complexity index is 329. The van der Waals surface area contributed by atoms with Crippen molar-refractivity contribution in [1.29, 1.82) is 0 Å². The maximum absolute atomic E-state index is 10.5. The van der Waals surface area contributed by atoms with Crippen molar-refractivity contribution in [3.63, 3.8) is 0 Å². The predicted molar refractivity (Wildman–Crippen MR) is 52.0 cm³/mol. The van der Waals surface area contributed by atoms with Gasteiger partial charge in [0.25, 0.3) is 5.69 Å². The van der Waals surface area contributed by atoms with Crippen LogP contribution >= 0.6 is 0 Å².